The molecule has 5 heteroatoms. The highest BCUT2D eigenvalue weighted by molar-refractivity contribution is 5.85. The molecular weight excluding hydrogens is 362 g/mol. The van der Waals surface area contributed by atoms with Crippen LogP contribution in [-0.2, 0) is 11.2 Å². The minimum atomic E-state index is -0.773. The maximum absolute atomic E-state index is 11.3. The van der Waals surface area contributed by atoms with Gasteiger partial charge >= 0.3 is 5.97 Å². The first-order valence-corrected chi connectivity index (χ1v) is 9.16. The summed E-state index contributed by atoms with van der Waals surface area (Å²) in [5, 5.41) is 9.32. The Bertz CT molecular complexity index is 765. The summed E-state index contributed by atoms with van der Waals surface area (Å²) in [7, 11) is 3.61. The van der Waals surface area contributed by atoms with Crippen LogP contribution in [0, 0.1) is 5.92 Å². The summed E-state index contributed by atoms with van der Waals surface area (Å²) in [5.74, 6) is 0.773. The van der Waals surface area contributed by atoms with Crippen molar-refractivity contribution in [2.24, 2.45) is 5.92 Å². The number of nitrogens with zero attached hydrogens (tertiary/aromatic N) is 1. The number of carbonyl (C=O) groups is 1. The molecule has 0 radical (unpaired) electrons. The van der Waals surface area contributed by atoms with E-state index < -0.39 is 12.0 Å². The van der Waals surface area contributed by atoms with E-state index in [-0.39, 0.29) is 18.3 Å². The molecule has 146 valence electrons. The fourth-order valence-electron chi connectivity index (χ4n) is 4.02. The largest absolute Gasteiger partial charge is 0.497 e. The lowest BCUT2D eigenvalue weighted by molar-refractivity contribution is -0.142. The molecule has 1 aliphatic rings. The van der Waals surface area contributed by atoms with Crippen LogP contribution < -0.4 is 4.74 Å². The lowest BCUT2D eigenvalue weighted by Crippen LogP contribution is -2.41. The molecule has 0 aromatic heterocycles. The molecule has 1 aliphatic carbocycles. The second-order valence-electron chi connectivity index (χ2n) is 7.21. The van der Waals surface area contributed by atoms with Gasteiger partial charge in [0.2, 0.25) is 0 Å². The molecular formula is C22H28ClNO3. The van der Waals surface area contributed by atoms with Crippen LogP contribution in [0.15, 0.2) is 48.5 Å². The quantitative estimate of drug-likeness (QED) is 0.803. The van der Waals surface area contributed by atoms with Crippen LogP contribution in [-0.4, -0.2) is 42.7 Å². The van der Waals surface area contributed by atoms with Crippen LogP contribution >= 0.6 is 12.4 Å². The molecule has 1 unspecified atom stereocenters. The van der Waals surface area contributed by atoms with Crippen molar-refractivity contribution >= 4 is 18.4 Å². The predicted molar refractivity (Wildman–Crippen MR) is 110 cm³/mol. The topological polar surface area (TPSA) is 49.8 Å². The molecule has 1 N–H and O–H groups in total. The fraction of sp³-hybridized carbons (Fsp3) is 0.409. The molecule has 0 bridgehead atoms. The number of aryl methyl sites for hydroxylation is 1. The summed E-state index contributed by atoms with van der Waals surface area (Å²) in [5.41, 5.74) is 3.97. The number of likely N-dealkylation sites (N-methyl/N-ethyl adjacent to an activating group) is 1. The van der Waals surface area contributed by atoms with Gasteiger partial charge in [0.1, 0.15) is 11.8 Å². The summed E-state index contributed by atoms with van der Waals surface area (Å²) < 4.78 is 5.40. The number of ether oxygens (including phenoxy) is 1. The number of carboxylic acid groups (broad SMARTS) is 1. The third-order valence-electron chi connectivity index (χ3n) is 5.64. The van der Waals surface area contributed by atoms with E-state index in [0.717, 1.165) is 25.1 Å². The lowest BCUT2D eigenvalue weighted by atomic mass is 9.71. The summed E-state index contributed by atoms with van der Waals surface area (Å²) in [6, 6.07) is 16.4. The van der Waals surface area contributed by atoms with Crippen molar-refractivity contribution in [3.05, 3.63) is 65.2 Å². The van der Waals surface area contributed by atoms with E-state index in [2.05, 4.69) is 36.4 Å². The average Bonchev–Trinajstić information content (AvgIpc) is 2.67. The van der Waals surface area contributed by atoms with E-state index >= 15 is 0 Å². The molecule has 0 saturated carbocycles. The highest BCUT2D eigenvalue weighted by Gasteiger charge is 2.33. The zero-order valence-electron chi connectivity index (χ0n) is 16.1. The van der Waals surface area contributed by atoms with Gasteiger partial charge in [0.15, 0.2) is 0 Å². The first-order chi connectivity index (χ1) is 12.5. The Labute approximate surface area is 167 Å². The van der Waals surface area contributed by atoms with E-state index in [9.17, 15) is 9.90 Å². The maximum Gasteiger partial charge on any atom is 0.320 e. The standard InChI is InChI=1S/C22H27NO3.ClH/c1-15(22(24)25)23(2)14-18-10-9-17-13-19(26-3)11-12-20(17)21(18)16-7-5-4-6-8-16;/h4-8,11-13,15,18,21H,9-10,14H2,1-3H3,(H,24,25);1H/t15?,18-,21+;/m1./s1. The minimum absolute atomic E-state index is 0. The van der Waals surface area contributed by atoms with Crippen LogP contribution in [0.1, 0.15) is 36.0 Å². The van der Waals surface area contributed by atoms with Crippen molar-refractivity contribution in [1.82, 2.24) is 4.90 Å². The van der Waals surface area contributed by atoms with Gasteiger partial charge in [-0.25, -0.2) is 0 Å². The normalized spacial score (nSPS) is 19.7. The van der Waals surface area contributed by atoms with Crippen LogP contribution in [0.25, 0.3) is 0 Å². The second kappa shape index (κ2) is 9.25. The van der Waals surface area contributed by atoms with Gasteiger partial charge in [-0.05, 0) is 61.6 Å². The first kappa shape index (κ1) is 21.3. The zero-order valence-corrected chi connectivity index (χ0v) is 16.9. The molecule has 2 aromatic rings. The number of rotatable bonds is 6. The van der Waals surface area contributed by atoms with Gasteiger partial charge in [-0.1, -0.05) is 36.4 Å². The van der Waals surface area contributed by atoms with E-state index in [1.807, 2.05) is 24.1 Å². The van der Waals surface area contributed by atoms with Crippen LogP contribution in [0.5, 0.6) is 5.75 Å². The van der Waals surface area contributed by atoms with E-state index in [1.165, 1.54) is 16.7 Å². The minimum Gasteiger partial charge on any atom is -0.497 e. The molecule has 4 nitrogen and oxygen atoms in total. The smallest absolute Gasteiger partial charge is 0.320 e. The zero-order chi connectivity index (χ0) is 18.7. The molecule has 0 spiro atoms. The van der Waals surface area contributed by atoms with Crippen LogP contribution in [0.4, 0.5) is 0 Å². The highest BCUT2D eigenvalue weighted by Crippen LogP contribution is 2.42. The number of halogens is 1. The highest BCUT2D eigenvalue weighted by atomic mass is 35.5. The van der Waals surface area contributed by atoms with Crippen molar-refractivity contribution in [2.45, 2.75) is 31.7 Å². The van der Waals surface area contributed by atoms with Crippen LogP contribution in [0.3, 0.4) is 0 Å². The summed E-state index contributed by atoms with van der Waals surface area (Å²) in [6.07, 6.45) is 2.03. The van der Waals surface area contributed by atoms with E-state index in [1.54, 1.807) is 14.0 Å². The average molecular weight is 390 g/mol. The Morgan fingerprint density at radius 2 is 1.96 bits per heavy atom. The predicted octanol–water partition coefficient (Wildman–Crippen LogP) is 4.22. The number of fused-ring (bicyclic) bond motifs is 1. The van der Waals surface area contributed by atoms with Crippen molar-refractivity contribution in [1.29, 1.82) is 0 Å². The fourth-order valence-corrected chi connectivity index (χ4v) is 4.02. The summed E-state index contributed by atoms with van der Waals surface area (Å²) in [6.45, 7) is 2.51. The van der Waals surface area contributed by atoms with Gasteiger partial charge < -0.3 is 9.84 Å². The third kappa shape index (κ3) is 4.63. The maximum atomic E-state index is 11.3. The van der Waals surface area contributed by atoms with Gasteiger partial charge in [0.05, 0.1) is 7.11 Å². The van der Waals surface area contributed by atoms with Crippen LogP contribution in [0.2, 0.25) is 0 Å². The molecule has 0 aliphatic heterocycles. The monoisotopic (exact) mass is 389 g/mol. The Balaban J connectivity index is 0.00000261. The van der Waals surface area contributed by atoms with Gasteiger partial charge in [-0.15, -0.1) is 12.4 Å². The van der Waals surface area contributed by atoms with Crippen molar-refractivity contribution in [2.75, 3.05) is 20.7 Å². The molecule has 0 heterocycles. The number of hydrogen-bond donors (Lipinski definition) is 1. The Hall–Kier alpha value is -2.04. The molecule has 0 fully saturated rings. The summed E-state index contributed by atoms with van der Waals surface area (Å²) >= 11 is 0. The Kier molecular flexibility index (Phi) is 7.28. The lowest BCUT2D eigenvalue weighted by Gasteiger charge is -2.37. The number of aliphatic carboxylic acids is 1. The first-order valence-electron chi connectivity index (χ1n) is 9.16. The molecule has 3 atom stereocenters. The SMILES string of the molecule is COc1ccc2c(c1)CC[C@H](CN(C)C(C)C(=O)O)[C@@H]2c1ccccc1.Cl. The Morgan fingerprint density at radius 3 is 2.59 bits per heavy atom. The Morgan fingerprint density at radius 1 is 1.26 bits per heavy atom. The second-order valence-corrected chi connectivity index (χ2v) is 7.21. The van der Waals surface area contributed by atoms with Gasteiger partial charge in [-0.2, -0.15) is 0 Å². The van der Waals surface area contributed by atoms with Crippen molar-refractivity contribution in [3.8, 4) is 5.75 Å². The van der Waals surface area contributed by atoms with E-state index in [4.69, 9.17) is 4.74 Å². The number of carboxylic acids is 1. The number of benzene rings is 2. The van der Waals surface area contributed by atoms with Gasteiger partial charge in [0.25, 0.3) is 0 Å². The third-order valence-corrected chi connectivity index (χ3v) is 5.64. The van der Waals surface area contributed by atoms with E-state index in [0.29, 0.717) is 5.92 Å². The summed E-state index contributed by atoms with van der Waals surface area (Å²) in [4.78, 5) is 13.3. The number of methoxy groups -OCH3 is 1. The van der Waals surface area contributed by atoms with Crippen molar-refractivity contribution < 1.29 is 14.6 Å². The molecule has 2 aromatic carbocycles. The number of hydrogen-bond acceptors (Lipinski definition) is 3. The molecule has 0 amide bonds. The van der Waals surface area contributed by atoms with Gasteiger partial charge in [-0.3, -0.25) is 9.69 Å². The van der Waals surface area contributed by atoms with Gasteiger partial charge in [0, 0.05) is 12.5 Å². The molecule has 0 saturated heterocycles. The van der Waals surface area contributed by atoms with Crippen molar-refractivity contribution in [3.63, 3.8) is 0 Å². The molecule has 3 rings (SSSR count). The molecule has 27 heavy (non-hydrogen) atoms.